The molecule has 0 aliphatic carbocycles. The third-order valence-corrected chi connectivity index (χ3v) is 6.95. The van der Waals surface area contributed by atoms with Crippen molar-refractivity contribution in [3.05, 3.63) is 101 Å². The molecule has 0 saturated carbocycles. The van der Waals surface area contributed by atoms with Gasteiger partial charge >= 0.3 is 0 Å². The number of tetrazole rings is 1. The van der Waals surface area contributed by atoms with Crippen molar-refractivity contribution in [3.63, 3.8) is 0 Å². The minimum Gasteiger partial charge on any atom is -0.351 e. The summed E-state index contributed by atoms with van der Waals surface area (Å²) in [6.45, 7) is 5.66. The van der Waals surface area contributed by atoms with Crippen LogP contribution >= 0.6 is 0 Å². The summed E-state index contributed by atoms with van der Waals surface area (Å²) in [6, 6.07) is 26.7. The second-order valence-corrected chi connectivity index (χ2v) is 9.45. The van der Waals surface area contributed by atoms with E-state index in [4.69, 9.17) is 0 Å². The van der Waals surface area contributed by atoms with Gasteiger partial charge in [-0.15, -0.1) is 5.10 Å². The van der Waals surface area contributed by atoms with Crippen molar-refractivity contribution in [2.24, 2.45) is 0 Å². The van der Waals surface area contributed by atoms with Gasteiger partial charge < -0.3 is 4.90 Å². The normalized spacial score (nSPS) is 13.5. The summed E-state index contributed by atoms with van der Waals surface area (Å²) < 4.78 is 0. The van der Waals surface area contributed by atoms with Crippen molar-refractivity contribution >= 4 is 5.91 Å². The number of benzene rings is 3. The Bertz CT molecular complexity index is 1360. The molecule has 7 nitrogen and oxygen atoms in total. The Morgan fingerprint density at radius 1 is 0.919 bits per heavy atom. The lowest BCUT2D eigenvalue weighted by Crippen LogP contribution is -2.33. The van der Waals surface area contributed by atoms with Gasteiger partial charge in [0.2, 0.25) is 5.91 Å². The number of aromatic amines is 1. The highest BCUT2D eigenvalue weighted by Gasteiger charge is 2.29. The van der Waals surface area contributed by atoms with Crippen LogP contribution in [0.25, 0.3) is 22.5 Å². The van der Waals surface area contributed by atoms with Gasteiger partial charge in [-0.2, -0.15) is 0 Å². The zero-order valence-corrected chi connectivity index (χ0v) is 21.4. The highest BCUT2D eigenvalue weighted by molar-refractivity contribution is 5.81. The van der Waals surface area contributed by atoms with Crippen molar-refractivity contribution < 1.29 is 4.79 Å². The Hall–Kier alpha value is -4.26. The van der Waals surface area contributed by atoms with Crippen molar-refractivity contribution in [1.82, 2.24) is 30.4 Å². The summed E-state index contributed by atoms with van der Waals surface area (Å²) in [5.41, 5.74) is 7.76. The third kappa shape index (κ3) is 5.45. The molecule has 1 aliphatic rings. The number of nitrogens with zero attached hydrogens (tertiary/aromatic N) is 5. The summed E-state index contributed by atoms with van der Waals surface area (Å²) in [4.78, 5) is 17.5. The van der Waals surface area contributed by atoms with Gasteiger partial charge in [0.15, 0.2) is 5.82 Å². The molecule has 3 aromatic carbocycles. The van der Waals surface area contributed by atoms with E-state index in [-0.39, 0.29) is 5.91 Å². The number of nitrogens with one attached hydrogen (secondary N) is 1. The number of unbranched alkanes of at least 4 members (excludes halogenated alkanes) is 1. The number of amides is 1. The van der Waals surface area contributed by atoms with Crippen LogP contribution in [-0.2, 0) is 17.8 Å². The van der Waals surface area contributed by atoms with E-state index in [0.717, 1.165) is 53.8 Å². The molecule has 4 aromatic rings. The minimum atomic E-state index is 0.147. The maximum atomic E-state index is 13.2. The fourth-order valence-electron chi connectivity index (χ4n) is 4.93. The topological polar surface area (TPSA) is 78.0 Å². The molecule has 0 bridgehead atoms. The summed E-state index contributed by atoms with van der Waals surface area (Å²) >= 11 is 0. The quantitative estimate of drug-likeness (QED) is 0.319. The van der Waals surface area contributed by atoms with Gasteiger partial charge in [-0.25, -0.2) is 5.10 Å². The Balaban J connectivity index is 1.33. The first-order valence-corrected chi connectivity index (χ1v) is 12.9. The molecule has 1 amide bonds. The molecule has 1 aliphatic heterocycles. The monoisotopic (exact) mass is 492 g/mol. The molecule has 0 unspecified atom stereocenters. The van der Waals surface area contributed by atoms with E-state index in [9.17, 15) is 4.79 Å². The fraction of sp³-hybridized carbons (Fsp3) is 0.267. The molecule has 0 fully saturated rings. The van der Waals surface area contributed by atoms with E-state index in [1.54, 1.807) is 0 Å². The molecule has 7 heteroatoms. The van der Waals surface area contributed by atoms with Crippen molar-refractivity contribution in [2.75, 3.05) is 6.67 Å². The first-order valence-electron chi connectivity index (χ1n) is 12.9. The van der Waals surface area contributed by atoms with Crippen LogP contribution in [0.5, 0.6) is 0 Å². The summed E-state index contributed by atoms with van der Waals surface area (Å²) in [6.07, 6.45) is 3.63. The van der Waals surface area contributed by atoms with Gasteiger partial charge in [-0.3, -0.25) is 9.69 Å². The number of hydrogen-bond acceptors (Lipinski definition) is 5. The van der Waals surface area contributed by atoms with Crippen molar-refractivity contribution in [1.29, 1.82) is 0 Å². The molecule has 0 radical (unpaired) electrons. The highest BCUT2D eigenvalue weighted by atomic mass is 16.2. The Kier molecular flexibility index (Phi) is 7.40. The molecule has 1 aromatic heterocycles. The van der Waals surface area contributed by atoms with Gasteiger partial charge in [0.1, 0.15) is 0 Å². The number of allylic oxidation sites excluding steroid dienone is 2. The first-order chi connectivity index (χ1) is 18.1. The maximum absolute atomic E-state index is 13.2. The summed E-state index contributed by atoms with van der Waals surface area (Å²) in [5.74, 6) is 0.798. The van der Waals surface area contributed by atoms with E-state index in [1.165, 1.54) is 11.3 Å². The molecule has 0 saturated heterocycles. The van der Waals surface area contributed by atoms with E-state index in [1.807, 2.05) is 53.4 Å². The summed E-state index contributed by atoms with van der Waals surface area (Å²) in [7, 11) is 0. The molecule has 0 spiro atoms. The van der Waals surface area contributed by atoms with Crippen molar-refractivity contribution in [2.45, 2.75) is 46.1 Å². The van der Waals surface area contributed by atoms with Crippen LogP contribution in [0.2, 0.25) is 0 Å². The largest absolute Gasteiger partial charge is 0.351 e. The predicted octanol–water partition coefficient (Wildman–Crippen LogP) is 5.80. The molecule has 2 heterocycles. The number of aromatic nitrogens is 4. The van der Waals surface area contributed by atoms with Crippen LogP contribution in [0.15, 0.2) is 90.3 Å². The molecular formula is C30H32N6O. The van der Waals surface area contributed by atoms with E-state index in [0.29, 0.717) is 18.9 Å². The number of H-pyrrole nitrogens is 1. The summed E-state index contributed by atoms with van der Waals surface area (Å²) in [5, 5.41) is 14.4. The van der Waals surface area contributed by atoms with Gasteiger partial charge in [-0.1, -0.05) is 92.2 Å². The SMILES string of the molecule is CCCCC1=C(C)N(C(=O)Cc2ccccc2)CN1Cc1ccc(-c2ccccc2-c2nnn[nH]2)cc1. The van der Waals surface area contributed by atoms with Crippen LogP contribution < -0.4 is 0 Å². The lowest BCUT2D eigenvalue weighted by atomic mass is 9.98. The number of carbonyl (C=O) groups excluding carboxylic acids is 1. The Labute approximate surface area is 217 Å². The number of rotatable bonds is 9. The second-order valence-electron chi connectivity index (χ2n) is 9.45. The highest BCUT2D eigenvalue weighted by Crippen LogP contribution is 2.32. The zero-order chi connectivity index (χ0) is 25.6. The molecular weight excluding hydrogens is 460 g/mol. The average Bonchev–Trinajstić information content (AvgIpc) is 3.57. The smallest absolute Gasteiger partial charge is 0.232 e. The minimum absolute atomic E-state index is 0.147. The Morgan fingerprint density at radius 3 is 2.35 bits per heavy atom. The number of hydrogen-bond donors (Lipinski definition) is 1. The van der Waals surface area contributed by atoms with Crippen molar-refractivity contribution in [3.8, 4) is 22.5 Å². The Morgan fingerprint density at radius 2 is 1.65 bits per heavy atom. The van der Waals surface area contributed by atoms with Crippen LogP contribution in [0, 0.1) is 0 Å². The lowest BCUT2D eigenvalue weighted by molar-refractivity contribution is -0.129. The maximum Gasteiger partial charge on any atom is 0.232 e. The molecule has 0 atom stereocenters. The fourth-order valence-corrected chi connectivity index (χ4v) is 4.93. The van der Waals surface area contributed by atoms with Gasteiger partial charge in [0.25, 0.3) is 0 Å². The van der Waals surface area contributed by atoms with E-state index in [2.05, 4.69) is 69.7 Å². The first kappa shape index (κ1) is 24.4. The van der Waals surface area contributed by atoms with Crippen LogP contribution in [0.3, 0.4) is 0 Å². The molecule has 37 heavy (non-hydrogen) atoms. The average molecular weight is 493 g/mol. The molecule has 5 rings (SSSR count). The van der Waals surface area contributed by atoms with Gasteiger partial charge in [0.05, 0.1) is 13.1 Å². The predicted molar refractivity (Wildman–Crippen MR) is 145 cm³/mol. The van der Waals surface area contributed by atoms with E-state index < -0.39 is 0 Å². The molecule has 1 N–H and O–H groups in total. The van der Waals surface area contributed by atoms with Crippen LogP contribution in [0.4, 0.5) is 0 Å². The van der Waals surface area contributed by atoms with E-state index >= 15 is 0 Å². The van der Waals surface area contributed by atoms with Crippen LogP contribution in [0.1, 0.15) is 44.2 Å². The van der Waals surface area contributed by atoms with Gasteiger partial charge in [0, 0.05) is 23.5 Å². The molecule has 188 valence electrons. The second kappa shape index (κ2) is 11.2. The standard InChI is InChI=1S/C30H32N6O/c1-3-4-14-28-22(2)36(29(37)19-23-10-6-5-7-11-23)21-35(28)20-24-15-17-25(18-16-24)26-12-8-9-13-27(26)30-31-33-34-32-30/h5-13,15-18H,3-4,14,19-21H2,1-2H3,(H,31,32,33,34). The lowest BCUT2D eigenvalue weighted by Gasteiger charge is -2.24. The van der Waals surface area contributed by atoms with Gasteiger partial charge in [-0.05, 0) is 52.4 Å². The van der Waals surface area contributed by atoms with Crippen LogP contribution in [-0.4, -0.2) is 43.0 Å². The zero-order valence-electron chi connectivity index (χ0n) is 21.4. The third-order valence-electron chi connectivity index (χ3n) is 6.95. The number of carbonyl (C=O) groups is 1.